The standard InChI is InChI=1S/C9H12N2O/c10-5-11-8-4-6-1-2-9(12-11)7(8)3-6/h6-9H,1-4H2. The van der Waals surface area contributed by atoms with Gasteiger partial charge in [-0.2, -0.15) is 10.3 Å². The van der Waals surface area contributed by atoms with Gasteiger partial charge in [-0.1, -0.05) is 0 Å². The molecule has 3 heteroatoms. The Hall–Kier alpha value is -0.750. The van der Waals surface area contributed by atoms with Crippen LogP contribution >= 0.6 is 0 Å². The highest BCUT2D eigenvalue weighted by molar-refractivity contribution is 5.02. The molecule has 1 heterocycles. The highest BCUT2D eigenvalue weighted by Crippen LogP contribution is 2.49. The second-order valence-electron chi connectivity index (χ2n) is 4.22. The first kappa shape index (κ1) is 6.73. The fourth-order valence-corrected chi connectivity index (χ4v) is 3.13. The third-order valence-electron chi connectivity index (χ3n) is 3.66. The van der Waals surface area contributed by atoms with Crippen molar-refractivity contribution in [1.29, 1.82) is 5.26 Å². The third kappa shape index (κ3) is 0.688. The SMILES string of the molecule is N#CN1OC2CCC3CC2C1C3. The molecule has 3 fully saturated rings. The molecule has 64 valence electrons. The molecular weight excluding hydrogens is 152 g/mol. The first-order chi connectivity index (χ1) is 5.88. The van der Waals surface area contributed by atoms with E-state index in [1.54, 1.807) is 5.06 Å². The maximum absolute atomic E-state index is 8.79. The van der Waals surface area contributed by atoms with Gasteiger partial charge in [-0.3, -0.25) is 4.84 Å². The summed E-state index contributed by atoms with van der Waals surface area (Å²) in [7, 11) is 0. The maximum atomic E-state index is 8.79. The van der Waals surface area contributed by atoms with E-state index in [0.717, 1.165) is 5.92 Å². The molecule has 0 radical (unpaired) electrons. The molecule has 2 aliphatic carbocycles. The summed E-state index contributed by atoms with van der Waals surface area (Å²) in [6, 6.07) is 0.424. The summed E-state index contributed by atoms with van der Waals surface area (Å²) in [5, 5.41) is 10.3. The summed E-state index contributed by atoms with van der Waals surface area (Å²) in [5.74, 6) is 1.55. The number of hydrogen-bond donors (Lipinski definition) is 0. The Morgan fingerprint density at radius 2 is 2.25 bits per heavy atom. The van der Waals surface area contributed by atoms with Gasteiger partial charge in [-0.15, -0.1) is 0 Å². The molecule has 0 spiro atoms. The average molecular weight is 164 g/mol. The highest BCUT2D eigenvalue weighted by atomic mass is 16.7. The van der Waals surface area contributed by atoms with Gasteiger partial charge in [0.15, 0.2) is 0 Å². The van der Waals surface area contributed by atoms with Gasteiger partial charge in [0.1, 0.15) is 0 Å². The molecule has 3 rings (SSSR count). The summed E-state index contributed by atoms with van der Waals surface area (Å²) < 4.78 is 0. The van der Waals surface area contributed by atoms with Crippen LogP contribution in [0.5, 0.6) is 0 Å². The van der Waals surface area contributed by atoms with Crippen LogP contribution in [0.4, 0.5) is 0 Å². The molecule has 1 saturated heterocycles. The topological polar surface area (TPSA) is 36.3 Å². The Morgan fingerprint density at radius 3 is 3.08 bits per heavy atom. The van der Waals surface area contributed by atoms with Crippen LogP contribution in [0.3, 0.4) is 0 Å². The predicted molar refractivity (Wildman–Crippen MR) is 41.6 cm³/mol. The number of rotatable bonds is 0. The Bertz CT molecular complexity index is 247. The van der Waals surface area contributed by atoms with E-state index in [-0.39, 0.29) is 0 Å². The van der Waals surface area contributed by atoms with Gasteiger partial charge in [-0.05, 0) is 31.6 Å². The van der Waals surface area contributed by atoms with Gasteiger partial charge < -0.3 is 0 Å². The van der Waals surface area contributed by atoms with Crippen LogP contribution in [0.25, 0.3) is 0 Å². The third-order valence-corrected chi connectivity index (χ3v) is 3.66. The average Bonchev–Trinajstić information content (AvgIpc) is 2.55. The normalized spacial score (nSPS) is 49.4. The van der Waals surface area contributed by atoms with Crippen molar-refractivity contribution in [3.63, 3.8) is 0 Å². The van der Waals surface area contributed by atoms with Gasteiger partial charge >= 0.3 is 0 Å². The van der Waals surface area contributed by atoms with Crippen molar-refractivity contribution < 1.29 is 4.84 Å². The van der Waals surface area contributed by atoms with E-state index in [0.29, 0.717) is 18.1 Å². The molecular formula is C9H12N2O. The summed E-state index contributed by atoms with van der Waals surface area (Å²) in [4.78, 5) is 5.54. The lowest BCUT2D eigenvalue weighted by atomic mass is 9.87. The molecule has 0 aromatic carbocycles. The van der Waals surface area contributed by atoms with Crippen molar-refractivity contribution in [2.75, 3.05) is 0 Å². The van der Waals surface area contributed by atoms with E-state index in [9.17, 15) is 0 Å². The molecule has 2 saturated carbocycles. The number of nitriles is 1. The van der Waals surface area contributed by atoms with Crippen LogP contribution in [-0.2, 0) is 4.84 Å². The van der Waals surface area contributed by atoms with E-state index < -0.39 is 0 Å². The molecule has 0 amide bonds. The summed E-state index contributed by atoms with van der Waals surface area (Å²) >= 11 is 0. The number of hydrogen-bond acceptors (Lipinski definition) is 3. The van der Waals surface area contributed by atoms with Crippen LogP contribution in [0.1, 0.15) is 25.7 Å². The molecule has 0 aromatic heterocycles. The second-order valence-corrected chi connectivity index (χ2v) is 4.22. The molecule has 0 N–H and O–H groups in total. The summed E-state index contributed by atoms with van der Waals surface area (Å²) in [5.41, 5.74) is 0. The number of nitrogens with zero attached hydrogens (tertiary/aromatic N) is 2. The summed E-state index contributed by atoms with van der Waals surface area (Å²) in [6.07, 6.45) is 7.48. The lowest BCUT2D eigenvalue weighted by molar-refractivity contribution is -0.133. The minimum Gasteiger partial charge on any atom is -0.260 e. The first-order valence-corrected chi connectivity index (χ1v) is 4.74. The van der Waals surface area contributed by atoms with Crippen LogP contribution < -0.4 is 0 Å². The van der Waals surface area contributed by atoms with Crippen molar-refractivity contribution in [2.45, 2.75) is 37.8 Å². The van der Waals surface area contributed by atoms with Gasteiger partial charge in [0, 0.05) is 5.92 Å². The molecule has 0 aromatic rings. The number of fused-ring (bicyclic) bond motifs is 1. The van der Waals surface area contributed by atoms with Crippen molar-refractivity contribution in [1.82, 2.24) is 5.06 Å². The van der Waals surface area contributed by atoms with E-state index in [1.807, 2.05) is 0 Å². The quantitative estimate of drug-likeness (QED) is 0.506. The van der Waals surface area contributed by atoms with Gasteiger partial charge in [0.05, 0.1) is 12.1 Å². The zero-order valence-electron chi connectivity index (χ0n) is 6.94. The van der Waals surface area contributed by atoms with Crippen LogP contribution in [0.2, 0.25) is 0 Å². The zero-order chi connectivity index (χ0) is 8.13. The van der Waals surface area contributed by atoms with Crippen LogP contribution in [0, 0.1) is 23.3 Å². The first-order valence-electron chi connectivity index (χ1n) is 4.74. The maximum Gasteiger partial charge on any atom is 0.205 e. The zero-order valence-corrected chi connectivity index (χ0v) is 6.94. The second kappa shape index (κ2) is 2.14. The largest absolute Gasteiger partial charge is 0.260 e. The molecule has 4 unspecified atom stereocenters. The fourth-order valence-electron chi connectivity index (χ4n) is 3.13. The minimum absolute atomic E-state index is 0.369. The highest BCUT2D eigenvalue weighted by Gasteiger charge is 2.52. The molecule has 2 bridgehead atoms. The smallest absolute Gasteiger partial charge is 0.205 e. The van der Waals surface area contributed by atoms with E-state index in [4.69, 9.17) is 10.1 Å². The van der Waals surface area contributed by atoms with E-state index >= 15 is 0 Å². The minimum atomic E-state index is 0.369. The van der Waals surface area contributed by atoms with Crippen molar-refractivity contribution >= 4 is 0 Å². The Balaban J connectivity index is 1.92. The predicted octanol–water partition coefficient (Wildman–Crippen LogP) is 1.27. The fraction of sp³-hybridized carbons (Fsp3) is 0.889. The Morgan fingerprint density at radius 1 is 1.33 bits per heavy atom. The van der Waals surface area contributed by atoms with Gasteiger partial charge in [0.25, 0.3) is 0 Å². The monoisotopic (exact) mass is 164 g/mol. The molecule has 1 aliphatic heterocycles. The van der Waals surface area contributed by atoms with Gasteiger partial charge in [-0.25, -0.2) is 0 Å². The van der Waals surface area contributed by atoms with E-state index in [2.05, 4.69) is 6.19 Å². The van der Waals surface area contributed by atoms with Crippen molar-refractivity contribution in [3.8, 4) is 6.19 Å². The van der Waals surface area contributed by atoms with Crippen molar-refractivity contribution in [3.05, 3.63) is 0 Å². The Kier molecular flexibility index (Phi) is 1.20. The lowest BCUT2D eigenvalue weighted by Crippen LogP contribution is -2.24. The Labute approximate surface area is 71.9 Å². The van der Waals surface area contributed by atoms with E-state index in [1.165, 1.54) is 25.7 Å². The molecule has 4 atom stereocenters. The van der Waals surface area contributed by atoms with Gasteiger partial charge in [0.2, 0.25) is 6.19 Å². The number of hydroxylamine groups is 2. The lowest BCUT2D eigenvalue weighted by Gasteiger charge is -2.23. The van der Waals surface area contributed by atoms with Crippen LogP contribution in [0.15, 0.2) is 0 Å². The van der Waals surface area contributed by atoms with Crippen LogP contribution in [-0.4, -0.2) is 17.2 Å². The summed E-state index contributed by atoms with van der Waals surface area (Å²) in [6.45, 7) is 0. The molecule has 3 nitrogen and oxygen atoms in total. The molecule has 12 heavy (non-hydrogen) atoms. The molecule has 3 aliphatic rings. The van der Waals surface area contributed by atoms with Crippen molar-refractivity contribution in [2.24, 2.45) is 11.8 Å².